The molecule has 0 fully saturated rings. The molecule has 112 valence electrons. The Balaban J connectivity index is 2.36. The van der Waals surface area contributed by atoms with Gasteiger partial charge in [-0.05, 0) is 41.5 Å². The minimum atomic E-state index is -4.56. The normalized spacial score (nSPS) is 13.1. The summed E-state index contributed by atoms with van der Waals surface area (Å²) in [6, 6.07) is 9.57. The Morgan fingerprint density at radius 3 is 2.29 bits per heavy atom. The van der Waals surface area contributed by atoms with Crippen molar-refractivity contribution >= 4 is 12.9 Å². The monoisotopic (exact) mass is 310 g/mol. The summed E-state index contributed by atoms with van der Waals surface area (Å²) >= 11 is 0. The lowest BCUT2D eigenvalue weighted by atomic mass is 10.0. The zero-order chi connectivity index (χ0) is 15.6. The van der Waals surface area contributed by atoms with Crippen LogP contribution >= 0.6 is 7.60 Å². The van der Waals surface area contributed by atoms with Gasteiger partial charge in [0.15, 0.2) is 0 Å². The third-order valence-corrected chi connectivity index (χ3v) is 4.06. The maximum absolute atomic E-state index is 11.4. The van der Waals surface area contributed by atoms with Crippen LogP contribution in [0.2, 0.25) is 0 Å². The van der Waals surface area contributed by atoms with E-state index in [2.05, 4.69) is 0 Å². The summed E-state index contributed by atoms with van der Waals surface area (Å²) in [5.74, 6) is -0.164. The van der Waals surface area contributed by atoms with Crippen LogP contribution in [0.4, 0.5) is 0 Å². The van der Waals surface area contributed by atoms with E-state index in [9.17, 15) is 29.7 Å². The summed E-state index contributed by atoms with van der Waals surface area (Å²) in [5, 5.41) is 28.7. The lowest BCUT2D eigenvalue weighted by Crippen LogP contribution is -2.16. The molecule has 1 atom stereocenters. The van der Waals surface area contributed by atoms with Crippen molar-refractivity contribution in [1.29, 1.82) is 0 Å². The molecule has 2 aromatic rings. The lowest BCUT2D eigenvalue weighted by molar-refractivity contribution is 0.178. The first-order valence-electron chi connectivity index (χ1n) is 6.12. The molecular formula is C14H15O6P. The molecule has 0 spiro atoms. The van der Waals surface area contributed by atoms with Gasteiger partial charge in [0.25, 0.3) is 0 Å². The average molecular weight is 310 g/mol. The summed E-state index contributed by atoms with van der Waals surface area (Å²) in [7, 11) is -4.56. The van der Waals surface area contributed by atoms with Crippen LogP contribution < -0.4 is 5.30 Å². The van der Waals surface area contributed by atoms with Gasteiger partial charge in [-0.2, -0.15) is 0 Å². The molecule has 2 rings (SSSR count). The fourth-order valence-corrected chi connectivity index (χ4v) is 2.91. The van der Waals surface area contributed by atoms with Gasteiger partial charge in [-0.25, -0.2) is 0 Å². The smallest absolute Gasteiger partial charge is 0.356 e. The van der Waals surface area contributed by atoms with Crippen LogP contribution in [0.25, 0.3) is 0 Å². The Kier molecular flexibility index (Phi) is 4.34. The SMILES string of the molecule is O=P(O)(O)c1ccc(O)cc1C(O)Cc1cccc(O)c1. The highest BCUT2D eigenvalue weighted by Crippen LogP contribution is 2.38. The van der Waals surface area contributed by atoms with E-state index in [0.717, 1.165) is 18.2 Å². The zero-order valence-electron chi connectivity index (χ0n) is 10.9. The Morgan fingerprint density at radius 2 is 1.67 bits per heavy atom. The van der Waals surface area contributed by atoms with Gasteiger partial charge in [0, 0.05) is 6.42 Å². The Bertz CT molecular complexity index is 694. The van der Waals surface area contributed by atoms with Crippen molar-refractivity contribution < 1.29 is 29.7 Å². The number of aliphatic hydroxyl groups is 1. The van der Waals surface area contributed by atoms with Crippen molar-refractivity contribution in [3.05, 3.63) is 53.6 Å². The highest BCUT2D eigenvalue weighted by molar-refractivity contribution is 7.60. The van der Waals surface area contributed by atoms with Gasteiger partial charge in [0.1, 0.15) is 11.5 Å². The van der Waals surface area contributed by atoms with Gasteiger partial charge in [-0.15, -0.1) is 0 Å². The summed E-state index contributed by atoms with van der Waals surface area (Å²) < 4.78 is 11.4. The maximum Gasteiger partial charge on any atom is 0.356 e. The molecule has 21 heavy (non-hydrogen) atoms. The summed E-state index contributed by atoms with van der Waals surface area (Å²) in [5.41, 5.74) is 0.564. The molecule has 0 amide bonds. The number of aliphatic hydroxyl groups excluding tert-OH is 1. The Morgan fingerprint density at radius 1 is 1.00 bits per heavy atom. The number of phenols is 2. The molecule has 1 unspecified atom stereocenters. The van der Waals surface area contributed by atoms with Gasteiger partial charge in [-0.3, -0.25) is 4.57 Å². The van der Waals surface area contributed by atoms with Gasteiger partial charge in [0.05, 0.1) is 11.4 Å². The number of aromatic hydroxyl groups is 2. The van der Waals surface area contributed by atoms with Crippen LogP contribution in [0.5, 0.6) is 11.5 Å². The van der Waals surface area contributed by atoms with Gasteiger partial charge >= 0.3 is 7.60 Å². The molecular weight excluding hydrogens is 295 g/mol. The molecule has 0 saturated carbocycles. The van der Waals surface area contributed by atoms with Gasteiger partial charge < -0.3 is 25.1 Å². The van der Waals surface area contributed by atoms with Crippen LogP contribution in [-0.4, -0.2) is 25.1 Å². The van der Waals surface area contributed by atoms with Crippen LogP contribution in [0.1, 0.15) is 17.2 Å². The molecule has 0 aromatic heterocycles. The number of phenolic OH excluding ortho intramolecular Hbond substituents is 2. The second-order valence-corrected chi connectivity index (χ2v) is 6.25. The van der Waals surface area contributed by atoms with Crippen molar-refractivity contribution in [2.45, 2.75) is 12.5 Å². The number of benzene rings is 2. The molecule has 0 radical (unpaired) electrons. The number of hydrogen-bond donors (Lipinski definition) is 5. The van der Waals surface area contributed by atoms with E-state index in [1.807, 2.05) is 0 Å². The van der Waals surface area contributed by atoms with E-state index in [-0.39, 0.29) is 28.8 Å². The summed E-state index contributed by atoms with van der Waals surface area (Å²) in [4.78, 5) is 18.6. The molecule has 0 aliphatic carbocycles. The molecule has 5 N–H and O–H groups in total. The number of hydrogen-bond acceptors (Lipinski definition) is 4. The van der Waals surface area contributed by atoms with E-state index in [1.54, 1.807) is 12.1 Å². The molecule has 7 heteroatoms. The Hall–Kier alpha value is -1.85. The van der Waals surface area contributed by atoms with Crippen molar-refractivity contribution in [2.75, 3.05) is 0 Å². The molecule has 6 nitrogen and oxygen atoms in total. The third-order valence-electron chi connectivity index (χ3n) is 3.02. The second-order valence-electron chi connectivity index (χ2n) is 4.68. The molecule has 2 aromatic carbocycles. The summed E-state index contributed by atoms with van der Waals surface area (Å²) in [6.45, 7) is 0. The van der Waals surface area contributed by atoms with E-state index in [0.29, 0.717) is 5.56 Å². The largest absolute Gasteiger partial charge is 0.508 e. The maximum atomic E-state index is 11.4. The van der Waals surface area contributed by atoms with Crippen molar-refractivity contribution in [3.63, 3.8) is 0 Å². The molecule has 0 heterocycles. The van der Waals surface area contributed by atoms with Gasteiger partial charge in [0.2, 0.25) is 0 Å². The van der Waals surface area contributed by atoms with Crippen LogP contribution in [-0.2, 0) is 11.0 Å². The second kappa shape index (κ2) is 5.87. The van der Waals surface area contributed by atoms with Crippen LogP contribution in [0.15, 0.2) is 42.5 Å². The summed E-state index contributed by atoms with van der Waals surface area (Å²) in [6.07, 6.45) is -1.17. The lowest BCUT2D eigenvalue weighted by Gasteiger charge is -2.17. The molecule has 0 bridgehead atoms. The van der Waals surface area contributed by atoms with E-state index >= 15 is 0 Å². The quantitative estimate of drug-likeness (QED) is 0.541. The topological polar surface area (TPSA) is 118 Å². The molecule has 0 aliphatic rings. The fraction of sp³-hybridized carbons (Fsp3) is 0.143. The van der Waals surface area contributed by atoms with Gasteiger partial charge in [-0.1, -0.05) is 12.1 Å². The first-order valence-corrected chi connectivity index (χ1v) is 7.73. The van der Waals surface area contributed by atoms with Crippen molar-refractivity contribution in [3.8, 4) is 11.5 Å². The van der Waals surface area contributed by atoms with E-state index in [1.165, 1.54) is 12.1 Å². The number of rotatable bonds is 4. The molecule has 0 aliphatic heterocycles. The van der Waals surface area contributed by atoms with E-state index in [4.69, 9.17) is 0 Å². The highest BCUT2D eigenvalue weighted by atomic mass is 31.2. The van der Waals surface area contributed by atoms with Crippen LogP contribution in [0, 0.1) is 0 Å². The zero-order valence-corrected chi connectivity index (χ0v) is 11.8. The fourth-order valence-electron chi connectivity index (χ4n) is 2.09. The van der Waals surface area contributed by atoms with Crippen LogP contribution in [0.3, 0.4) is 0 Å². The minimum Gasteiger partial charge on any atom is -0.508 e. The molecule has 0 saturated heterocycles. The van der Waals surface area contributed by atoms with E-state index < -0.39 is 13.7 Å². The Labute approximate surface area is 121 Å². The predicted octanol–water partition coefficient (Wildman–Crippen LogP) is 1.18. The minimum absolute atomic E-state index is 0.0332. The average Bonchev–Trinajstić information content (AvgIpc) is 2.37. The standard InChI is InChI=1S/C14H15O6P/c15-10-3-1-2-9(6-10)7-13(17)12-8-11(16)4-5-14(12)21(18,19)20/h1-6,8,13,15-17H,7H2,(H2,18,19,20). The highest BCUT2D eigenvalue weighted by Gasteiger charge is 2.25. The first-order chi connectivity index (χ1) is 9.77. The van der Waals surface area contributed by atoms with Crippen molar-refractivity contribution in [1.82, 2.24) is 0 Å². The first kappa shape index (κ1) is 15.5. The third kappa shape index (κ3) is 3.83. The van der Waals surface area contributed by atoms with Crippen molar-refractivity contribution in [2.24, 2.45) is 0 Å². The predicted molar refractivity (Wildman–Crippen MR) is 76.6 cm³/mol.